The van der Waals surface area contributed by atoms with E-state index >= 15 is 0 Å². The molecule has 1 aliphatic rings. The van der Waals surface area contributed by atoms with Crippen molar-refractivity contribution in [2.75, 3.05) is 5.32 Å². The van der Waals surface area contributed by atoms with Crippen molar-refractivity contribution in [3.05, 3.63) is 58.4 Å². The molecule has 1 aromatic carbocycles. The Bertz CT molecular complexity index is 921. The van der Waals surface area contributed by atoms with Gasteiger partial charge in [-0.1, -0.05) is 0 Å². The van der Waals surface area contributed by atoms with Crippen LogP contribution in [0, 0.1) is 11.6 Å². The van der Waals surface area contributed by atoms with E-state index in [0.717, 1.165) is 42.7 Å². The number of hydrogen-bond acceptors (Lipinski definition) is 4. The fourth-order valence-electron chi connectivity index (χ4n) is 2.89. The first kappa shape index (κ1) is 14.9. The fraction of sp³-hybridized carbons (Fsp3) is 0.188. The zero-order valence-electron chi connectivity index (χ0n) is 12.4. The molecule has 0 radical (unpaired) electrons. The molecule has 2 heterocycles. The lowest BCUT2D eigenvalue weighted by Crippen LogP contribution is -2.14. The zero-order valence-corrected chi connectivity index (χ0v) is 13.2. The van der Waals surface area contributed by atoms with Gasteiger partial charge in [0, 0.05) is 28.9 Å². The molecule has 0 saturated heterocycles. The molecule has 0 unspecified atom stereocenters. The molecule has 1 aliphatic carbocycles. The summed E-state index contributed by atoms with van der Waals surface area (Å²) in [6.45, 7) is 0. The van der Waals surface area contributed by atoms with Crippen LogP contribution < -0.4 is 5.32 Å². The first-order chi connectivity index (χ1) is 11.6. The Morgan fingerprint density at radius 1 is 1.25 bits per heavy atom. The van der Waals surface area contributed by atoms with Gasteiger partial charge in [-0.05, 0) is 31.4 Å². The highest BCUT2D eigenvalue weighted by Gasteiger charge is 2.27. The third kappa shape index (κ3) is 2.48. The molecular formula is C16H12F2N4OS. The summed E-state index contributed by atoms with van der Waals surface area (Å²) < 4.78 is 28.2. The van der Waals surface area contributed by atoms with E-state index in [-0.39, 0.29) is 5.91 Å². The van der Waals surface area contributed by atoms with Crippen molar-refractivity contribution in [1.82, 2.24) is 14.8 Å². The van der Waals surface area contributed by atoms with Gasteiger partial charge < -0.3 is 0 Å². The minimum atomic E-state index is -0.941. The van der Waals surface area contributed by atoms with Crippen LogP contribution in [-0.2, 0) is 12.8 Å². The van der Waals surface area contributed by atoms with Crippen molar-refractivity contribution in [3.63, 3.8) is 0 Å². The van der Waals surface area contributed by atoms with Crippen LogP contribution in [0.25, 0.3) is 5.69 Å². The summed E-state index contributed by atoms with van der Waals surface area (Å²) in [5.41, 5.74) is 2.43. The number of rotatable bonds is 3. The number of aromatic nitrogens is 3. The SMILES string of the molecule is O=C(Nc1nccs1)c1nn(-c2ccc(F)c(F)c2)c2c1CCC2. The first-order valence-corrected chi connectivity index (χ1v) is 8.28. The first-order valence-electron chi connectivity index (χ1n) is 7.40. The standard InChI is InChI=1S/C16H12F2N4OS/c17-11-5-4-9(8-12(11)18)22-13-3-1-2-10(13)14(21-22)15(23)20-16-19-6-7-24-16/h4-8H,1-3H2,(H,19,20,23). The summed E-state index contributed by atoms with van der Waals surface area (Å²) in [7, 11) is 0. The van der Waals surface area contributed by atoms with Gasteiger partial charge in [0.25, 0.3) is 5.91 Å². The van der Waals surface area contributed by atoms with E-state index in [0.29, 0.717) is 16.5 Å². The van der Waals surface area contributed by atoms with Gasteiger partial charge in [-0.3, -0.25) is 10.1 Å². The van der Waals surface area contributed by atoms with Crippen molar-refractivity contribution in [2.45, 2.75) is 19.3 Å². The summed E-state index contributed by atoms with van der Waals surface area (Å²) in [4.78, 5) is 16.5. The molecular weight excluding hydrogens is 334 g/mol. The van der Waals surface area contributed by atoms with Gasteiger partial charge in [0.15, 0.2) is 22.5 Å². The Morgan fingerprint density at radius 2 is 2.12 bits per heavy atom. The number of nitrogens with one attached hydrogen (secondary N) is 1. The van der Waals surface area contributed by atoms with Crippen LogP contribution in [-0.4, -0.2) is 20.7 Å². The number of nitrogens with zero attached hydrogens (tertiary/aromatic N) is 3. The molecule has 0 atom stereocenters. The molecule has 8 heteroatoms. The van der Waals surface area contributed by atoms with Crippen LogP contribution in [0.4, 0.5) is 13.9 Å². The predicted molar refractivity (Wildman–Crippen MR) is 85.6 cm³/mol. The number of carbonyl (C=O) groups excluding carboxylic acids is 1. The topological polar surface area (TPSA) is 59.8 Å². The highest BCUT2D eigenvalue weighted by Crippen LogP contribution is 2.29. The largest absolute Gasteiger partial charge is 0.296 e. The molecule has 1 N–H and O–H groups in total. The summed E-state index contributed by atoms with van der Waals surface area (Å²) >= 11 is 1.32. The minimum Gasteiger partial charge on any atom is -0.296 e. The number of fused-ring (bicyclic) bond motifs is 1. The van der Waals surface area contributed by atoms with Crippen molar-refractivity contribution in [1.29, 1.82) is 0 Å². The maximum Gasteiger partial charge on any atom is 0.278 e. The summed E-state index contributed by atoms with van der Waals surface area (Å²) in [5, 5.41) is 9.32. The Labute approximate surface area is 140 Å². The molecule has 0 spiro atoms. The van der Waals surface area contributed by atoms with Gasteiger partial charge in [-0.25, -0.2) is 18.4 Å². The van der Waals surface area contributed by atoms with E-state index in [4.69, 9.17) is 0 Å². The third-order valence-electron chi connectivity index (χ3n) is 3.95. The Hall–Kier alpha value is -2.61. The van der Waals surface area contributed by atoms with E-state index in [9.17, 15) is 13.6 Å². The van der Waals surface area contributed by atoms with E-state index in [1.165, 1.54) is 22.1 Å². The van der Waals surface area contributed by atoms with Crippen LogP contribution in [0.1, 0.15) is 28.2 Å². The van der Waals surface area contributed by atoms with Crippen LogP contribution in [0.5, 0.6) is 0 Å². The van der Waals surface area contributed by atoms with Crippen molar-refractivity contribution >= 4 is 22.4 Å². The number of hydrogen-bond donors (Lipinski definition) is 1. The van der Waals surface area contributed by atoms with E-state index in [1.807, 2.05) is 0 Å². The smallest absolute Gasteiger partial charge is 0.278 e. The highest BCUT2D eigenvalue weighted by atomic mass is 32.1. The molecule has 3 aromatic rings. The second kappa shape index (κ2) is 5.79. The molecule has 1 amide bonds. The second-order valence-corrected chi connectivity index (χ2v) is 6.32. The van der Waals surface area contributed by atoms with Gasteiger partial charge in [-0.2, -0.15) is 5.10 Å². The number of benzene rings is 1. The maximum atomic E-state index is 13.5. The van der Waals surface area contributed by atoms with Gasteiger partial charge in [-0.15, -0.1) is 11.3 Å². The van der Waals surface area contributed by atoms with Gasteiger partial charge >= 0.3 is 0 Å². The Kier molecular flexibility index (Phi) is 3.61. The van der Waals surface area contributed by atoms with E-state index < -0.39 is 11.6 Å². The monoisotopic (exact) mass is 346 g/mol. The van der Waals surface area contributed by atoms with Crippen molar-refractivity contribution < 1.29 is 13.6 Å². The lowest BCUT2D eigenvalue weighted by molar-refractivity contribution is 0.102. The van der Waals surface area contributed by atoms with Gasteiger partial charge in [0.05, 0.1) is 5.69 Å². The van der Waals surface area contributed by atoms with Crippen LogP contribution in [0.3, 0.4) is 0 Å². The third-order valence-corrected chi connectivity index (χ3v) is 4.63. The average Bonchev–Trinajstić information content (AvgIpc) is 3.26. The highest BCUT2D eigenvalue weighted by molar-refractivity contribution is 7.13. The lowest BCUT2D eigenvalue weighted by Gasteiger charge is -2.06. The molecule has 4 rings (SSSR count). The summed E-state index contributed by atoms with van der Waals surface area (Å²) in [5.74, 6) is -2.20. The van der Waals surface area contributed by atoms with Crippen LogP contribution >= 0.6 is 11.3 Å². The Morgan fingerprint density at radius 3 is 2.88 bits per heavy atom. The lowest BCUT2D eigenvalue weighted by atomic mass is 10.2. The predicted octanol–water partition coefficient (Wildman–Crippen LogP) is 3.35. The second-order valence-electron chi connectivity index (χ2n) is 5.43. The summed E-state index contributed by atoms with van der Waals surface area (Å²) in [6.07, 6.45) is 3.98. The van der Waals surface area contributed by atoms with Gasteiger partial charge in [0.1, 0.15) is 0 Å². The molecule has 5 nitrogen and oxygen atoms in total. The summed E-state index contributed by atoms with van der Waals surface area (Å²) in [6, 6.07) is 3.60. The number of halogens is 2. The quantitative estimate of drug-likeness (QED) is 0.791. The average molecular weight is 346 g/mol. The number of thiazole rings is 1. The minimum absolute atomic E-state index is 0.308. The van der Waals surface area contributed by atoms with Crippen LogP contribution in [0.15, 0.2) is 29.8 Å². The van der Waals surface area contributed by atoms with Crippen molar-refractivity contribution in [3.8, 4) is 5.69 Å². The number of anilines is 1. The van der Waals surface area contributed by atoms with E-state index in [1.54, 1.807) is 11.6 Å². The molecule has 0 bridgehead atoms. The number of carbonyl (C=O) groups is 1. The molecule has 0 saturated carbocycles. The molecule has 0 aliphatic heterocycles. The van der Waals surface area contributed by atoms with Gasteiger partial charge in [0.2, 0.25) is 0 Å². The van der Waals surface area contributed by atoms with Crippen molar-refractivity contribution in [2.24, 2.45) is 0 Å². The zero-order chi connectivity index (χ0) is 16.7. The molecule has 2 aromatic heterocycles. The molecule has 0 fully saturated rings. The maximum absolute atomic E-state index is 13.5. The van der Waals surface area contributed by atoms with E-state index in [2.05, 4.69) is 15.4 Å². The molecule has 122 valence electrons. The number of amides is 1. The van der Waals surface area contributed by atoms with Crippen LogP contribution in [0.2, 0.25) is 0 Å². The molecule has 24 heavy (non-hydrogen) atoms. The Balaban J connectivity index is 1.74. The normalized spacial score (nSPS) is 13.1. The fourth-order valence-corrected chi connectivity index (χ4v) is 3.42.